The van der Waals surface area contributed by atoms with Crippen molar-refractivity contribution < 1.29 is 47.8 Å². The van der Waals surface area contributed by atoms with Gasteiger partial charge in [-0.3, -0.25) is 81.6 Å². The number of nitrogens with two attached hydrogens (primary N) is 4. The molecule has 4 spiro atoms. The number of carbonyl (C=O) groups is 8. The molecule has 5 fully saturated rings. The number of rotatable bonds is 9. The number of nitrogens with one attached hydrogen (secondary N) is 10. The number of nitrogens with zero attached hydrogens (tertiary/aromatic N) is 12. The molecule has 0 saturated heterocycles. The van der Waals surface area contributed by atoms with Crippen LogP contribution in [0.1, 0.15) is 222 Å². The van der Waals surface area contributed by atoms with Gasteiger partial charge in [-0.05, 0) is 219 Å². The topological polar surface area (TPSA) is 591 Å². The van der Waals surface area contributed by atoms with Gasteiger partial charge < -0.3 is 74.6 Å². The Balaban J connectivity index is 0.000000141. The van der Waals surface area contributed by atoms with Gasteiger partial charge in [0, 0.05) is 37.1 Å². The number of halogens is 7. The second-order valence-electron chi connectivity index (χ2n) is 33.0. The van der Waals surface area contributed by atoms with Crippen LogP contribution < -0.4 is 98.6 Å². The summed E-state index contributed by atoms with van der Waals surface area (Å²) in [5.74, 6) is 0.885. The highest BCUT2D eigenvalue weighted by molar-refractivity contribution is 9.10. The lowest BCUT2D eigenvalue weighted by atomic mass is 10.1. The van der Waals surface area contributed by atoms with Crippen molar-refractivity contribution in [2.75, 3.05) is 43.8 Å². The first-order valence-electron chi connectivity index (χ1n) is 40.5. The molecule has 48 heteroatoms. The van der Waals surface area contributed by atoms with Crippen molar-refractivity contribution in [3.05, 3.63) is 194 Å². The number of Topliss-reactive ketones (excluding diaryl/α,β-unsaturated/α-hetero) is 1. The van der Waals surface area contributed by atoms with E-state index in [1.807, 2.05) is 0 Å². The molecule has 7 amide bonds. The second kappa shape index (κ2) is 39.4. The predicted octanol–water partition coefficient (Wildman–Crippen LogP) is 12.2. The third kappa shape index (κ3) is 22.1. The van der Waals surface area contributed by atoms with Gasteiger partial charge in [0.2, 0.25) is 0 Å². The number of ether oxygens (including phenoxy) is 2. The van der Waals surface area contributed by atoms with Crippen LogP contribution in [0.25, 0.3) is 0 Å². The molecular formula is C81H89Br2Cl5N26O15. The number of pyridine rings is 5. The maximum absolute atomic E-state index is 13.3. The molecule has 5 saturated carbocycles. The van der Waals surface area contributed by atoms with Crippen molar-refractivity contribution in [2.24, 2.45) is 5.73 Å². The zero-order valence-electron chi connectivity index (χ0n) is 70.1. The van der Waals surface area contributed by atoms with Crippen molar-refractivity contribution in [1.29, 1.82) is 0 Å². The first kappa shape index (κ1) is 95.9. The average Bonchev–Trinajstić information content (AvgIpc) is 1.59. The average molecular weight is 2000 g/mol. The molecule has 4 aliphatic heterocycles. The number of hydrogen-bond donors (Lipinski definition) is 14. The maximum atomic E-state index is 13.3. The molecule has 0 unspecified atom stereocenters. The van der Waals surface area contributed by atoms with Crippen LogP contribution >= 0.6 is 89.9 Å². The molecule has 13 heterocycles. The summed E-state index contributed by atoms with van der Waals surface area (Å²) in [5.41, 5.74) is 17.6. The number of fused-ring (bicyclic) bond motifs is 8. The van der Waals surface area contributed by atoms with Crippen LogP contribution in [-0.2, 0) is 36.9 Å². The van der Waals surface area contributed by atoms with Crippen molar-refractivity contribution >= 4 is 201 Å². The molecule has 18 N–H and O–H groups in total. The van der Waals surface area contributed by atoms with Crippen LogP contribution in [0.2, 0.25) is 25.1 Å². The quantitative estimate of drug-likeness (QED) is 0.0638. The molecule has 0 bridgehead atoms. The highest BCUT2D eigenvalue weighted by Crippen LogP contribution is 2.45. The molecule has 41 nitrogen and oxygen atoms in total. The maximum Gasteiger partial charge on any atom is 0.413 e. The number of amides is 7. The van der Waals surface area contributed by atoms with E-state index in [9.17, 15) is 62.3 Å². The molecular weight excluding hydrogens is 1910 g/mol. The zero-order chi connectivity index (χ0) is 93.6. The fraction of sp³-hybridized carbons (Fsp3) is 0.395. The van der Waals surface area contributed by atoms with E-state index < -0.39 is 57.5 Å². The number of carbonyl (C=O) groups excluding carboxylic acids is 8. The first-order valence-corrected chi connectivity index (χ1v) is 43.9. The molecule has 5 aliphatic carbocycles. The van der Waals surface area contributed by atoms with Gasteiger partial charge >= 0.3 is 12.2 Å². The summed E-state index contributed by atoms with van der Waals surface area (Å²) in [4.78, 5) is 189. The van der Waals surface area contributed by atoms with Crippen LogP contribution in [-0.4, -0.2) is 122 Å². The molecule has 18 rings (SSSR count). The normalized spacial score (nSPS) is 16.6. The van der Waals surface area contributed by atoms with E-state index in [2.05, 4.69) is 125 Å². The molecule has 0 aromatic carbocycles. The Morgan fingerprint density at radius 2 is 0.667 bits per heavy atom. The predicted molar refractivity (Wildman–Crippen MR) is 489 cm³/mol. The number of aromatic nitrogens is 13. The van der Waals surface area contributed by atoms with Gasteiger partial charge in [0.1, 0.15) is 157 Å². The van der Waals surface area contributed by atoms with Gasteiger partial charge in [-0.2, -0.15) is 0 Å². The third-order valence-electron chi connectivity index (χ3n) is 21.4. The van der Waals surface area contributed by atoms with Crippen LogP contribution in [0, 0.1) is 0 Å². The lowest BCUT2D eigenvalue weighted by molar-refractivity contribution is -0.117. The van der Waals surface area contributed by atoms with Crippen molar-refractivity contribution in [2.45, 2.75) is 204 Å². The number of ketones is 1. The number of H-pyrrole nitrogens is 1. The summed E-state index contributed by atoms with van der Waals surface area (Å²) in [7, 11) is 0. The number of anilines is 11. The lowest BCUT2D eigenvalue weighted by Crippen LogP contribution is -2.45. The van der Waals surface area contributed by atoms with Crippen molar-refractivity contribution in [1.82, 2.24) is 84.4 Å². The molecule has 129 heavy (non-hydrogen) atoms. The summed E-state index contributed by atoms with van der Waals surface area (Å²) in [6, 6.07) is 13.0. The molecule has 0 radical (unpaired) electrons. The third-order valence-corrected chi connectivity index (χ3v) is 24.0. The lowest BCUT2D eigenvalue weighted by Gasteiger charge is -2.26. The fourth-order valence-electron chi connectivity index (χ4n) is 16.1. The Hall–Kier alpha value is -12.2. The summed E-state index contributed by atoms with van der Waals surface area (Å²) in [6.07, 6.45) is 21.3. The smallest absolute Gasteiger partial charge is 0.413 e. The highest BCUT2D eigenvalue weighted by Gasteiger charge is 2.51. The number of aromatic amines is 1. The van der Waals surface area contributed by atoms with E-state index in [1.165, 1.54) is 98.2 Å². The molecule has 9 aromatic rings. The van der Waals surface area contributed by atoms with E-state index in [-0.39, 0.29) is 139 Å². The Bertz CT molecular complexity index is 6120. The number of hydrogen-bond acceptors (Lipinski definition) is 29. The number of primary amides is 1. The van der Waals surface area contributed by atoms with E-state index >= 15 is 0 Å². The minimum Gasteiger partial charge on any atom is -0.444 e. The monoisotopic (exact) mass is 2000 g/mol. The van der Waals surface area contributed by atoms with Crippen LogP contribution in [0.4, 0.5) is 73.2 Å². The summed E-state index contributed by atoms with van der Waals surface area (Å²) >= 11 is 36.7. The van der Waals surface area contributed by atoms with Gasteiger partial charge in [0.15, 0.2) is 0 Å². The largest absolute Gasteiger partial charge is 0.444 e. The Morgan fingerprint density at radius 3 is 0.969 bits per heavy atom. The van der Waals surface area contributed by atoms with Crippen molar-refractivity contribution in [3.63, 3.8) is 0 Å². The van der Waals surface area contributed by atoms with Gasteiger partial charge in [-0.1, -0.05) is 58.0 Å². The Kier molecular flexibility index (Phi) is 29.3. The molecule has 9 aromatic heterocycles. The Morgan fingerprint density at radius 1 is 0.388 bits per heavy atom. The van der Waals surface area contributed by atoms with Crippen molar-refractivity contribution in [3.8, 4) is 0 Å². The first-order chi connectivity index (χ1) is 60.9. The van der Waals surface area contributed by atoms with Crippen LogP contribution in [0.5, 0.6) is 0 Å². The van der Waals surface area contributed by atoms with E-state index in [4.69, 9.17) is 90.4 Å². The molecule has 682 valence electrons. The van der Waals surface area contributed by atoms with Gasteiger partial charge in [-0.15, -0.1) is 0 Å². The van der Waals surface area contributed by atoms with Gasteiger partial charge in [0.05, 0.1) is 34.1 Å². The SMILES string of the molecule is CC(C)(C)OC(=O)Nc1cc(N)ncn1.CC(C)(C)OC(=O)Nc1cc(Nc2cc(Cl)c3n(c2=O)C2(CCCC2)NC3=O)ncn1.NC(=O)c1[nH]c(=O)c(Br)cc1Cl.Nc1cc(Nc2cc(Cl)c3n(c2=O)C2(CCCC2)NC3=O)ncn1.Nc1cc(Nc2cc(Cl)c3n(c2=O)C2(CCCC2)NC3=O)ncn1.O=C1CCCC1.O=C1NC2(CCCC2)n2c1c(Cl)cc(Br)c2=O. The summed E-state index contributed by atoms with van der Waals surface area (Å²) < 4.78 is 16.9. The standard InChI is InChI=1S/C20H23ClN6O4.2C15H15ClN6O2.C11H10BrClN2O2.C9H14N4O2.C6H4BrClN2O2.C5H8O/c1-19(2,3)31-18(30)25-14-9-13(22-10-23-14)24-12-8-11(21)15-16(28)26-20(6-4-5-7-20)27(15)17(12)29;2*16-8-5-9(20-11-6-10(17)18-7-19-11)14(24)22-12(8)13(23)21-15(22)3-1-2-4-15;12-6-5-7(13)8-9(16)14-11(3-1-2-4-11)15(8)10(6)17;1-9(2,3)15-8(14)13-7-4-6(10)11-5-12-7;7-2-1-3(8)4(5(9)11)10-6(2)12;6-5-3-1-2-4-5/h8-10H,4-7H2,1-3H3,(H,26,28)(H2,22,23,24,25,30);2*5-7H,1-4H2,(H,21,23)(H3,17,18,19,20);5H,1-4H2,(H,14,16);4-5H,1-3H3,(H3,10,11,12,13,14);1H,(H2,9,11)(H,10,12);1-4H2. The van der Waals surface area contributed by atoms with Crippen LogP contribution in [0.15, 0.2) is 113 Å². The summed E-state index contributed by atoms with van der Waals surface area (Å²) in [6.45, 7) is 10.6. The number of nitrogen functional groups attached to an aromatic ring is 3. The second-order valence-corrected chi connectivity index (χ2v) is 36.7. The Labute approximate surface area is 775 Å². The van der Waals surface area contributed by atoms with Gasteiger partial charge in [0.25, 0.3) is 57.3 Å². The van der Waals surface area contributed by atoms with E-state index in [1.54, 1.807) is 41.5 Å². The van der Waals surface area contributed by atoms with E-state index in [0.29, 0.717) is 77.0 Å². The van der Waals surface area contributed by atoms with E-state index in [0.717, 1.165) is 89.9 Å². The van der Waals surface area contributed by atoms with Gasteiger partial charge in [-0.25, -0.2) is 49.5 Å². The zero-order valence-corrected chi connectivity index (χ0v) is 77.0. The molecule has 0 atom stereocenters. The fourth-order valence-corrected chi connectivity index (χ4v) is 18.4. The molecule has 9 aliphatic rings. The highest BCUT2D eigenvalue weighted by atomic mass is 79.9. The minimum absolute atomic E-state index is 0.0788. The summed E-state index contributed by atoms with van der Waals surface area (Å²) in [5, 5.41) is 26.5. The minimum atomic E-state index is -0.760. The van der Waals surface area contributed by atoms with Crippen LogP contribution in [0.3, 0.4) is 0 Å².